The van der Waals surface area contributed by atoms with Crippen LogP contribution in [-0.4, -0.2) is 43.1 Å². The standard InChI is InChI=1S/C31H25F3N6O3S2/c1-19-9-11-20(12-10-19)24-16-23(26-8-4-14-44-26)38-40(24)28(41)18-45-30-37-36-27(17-35-29(42)25-7-3-13-43-25)39(30)22-6-2-5-21(15-22)31(32,33)34/h2-15,24H,16-18H2,1H3,(H,35,42)/t24-/m0/s1. The minimum atomic E-state index is -4.58. The Morgan fingerprint density at radius 1 is 1.07 bits per heavy atom. The maximum atomic E-state index is 13.7. The molecule has 2 aromatic carbocycles. The highest BCUT2D eigenvalue weighted by Gasteiger charge is 2.34. The van der Waals surface area contributed by atoms with E-state index in [1.165, 1.54) is 34.0 Å². The summed E-state index contributed by atoms with van der Waals surface area (Å²) in [5, 5.41) is 19.3. The van der Waals surface area contributed by atoms with Gasteiger partial charge in [0.1, 0.15) is 0 Å². The van der Waals surface area contributed by atoms with Crippen LogP contribution < -0.4 is 5.32 Å². The molecule has 9 nitrogen and oxygen atoms in total. The number of halogens is 3. The van der Waals surface area contributed by atoms with Crippen molar-refractivity contribution in [2.75, 3.05) is 5.75 Å². The molecule has 0 aliphatic carbocycles. The summed E-state index contributed by atoms with van der Waals surface area (Å²) in [6.07, 6.45) is -2.69. The second-order valence-electron chi connectivity index (χ2n) is 10.1. The van der Waals surface area contributed by atoms with Crippen LogP contribution in [0.15, 0.2) is 99.1 Å². The summed E-state index contributed by atoms with van der Waals surface area (Å²) in [5.74, 6) is -0.709. The van der Waals surface area contributed by atoms with E-state index in [-0.39, 0.29) is 46.7 Å². The lowest BCUT2D eigenvalue weighted by Gasteiger charge is -2.22. The average Bonchev–Trinajstić information content (AvgIpc) is 3.85. The molecule has 3 aromatic heterocycles. The van der Waals surface area contributed by atoms with Crippen LogP contribution in [0.2, 0.25) is 0 Å². The number of aromatic nitrogens is 3. The first-order chi connectivity index (χ1) is 21.7. The van der Waals surface area contributed by atoms with Crippen LogP contribution >= 0.6 is 23.1 Å². The quantitative estimate of drug-likeness (QED) is 0.179. The second kappa shape index (κ2) is 12.7. The molecular formula is C31H25F3N6O3S2. The number of hydrogen-bond acceptors (Lipinski definition) is 8. The fourth-order valence-corrected chi connectivity index (χ4v) is 6.36. The highest BCUT2D eigenvalue weighted by Crippen LogP contribution is 2.36. The Morgan fingerprint density at radius 3 is 2.60 bits per heavy atom. The molecule has 1 aliphatic rings. The SMILES string of the molecule is Cc1ccc([C@@H]2CC(c3cccs3)=NN2C(=O)CSc2nnc(CNC(=O)c3ccco3)n2-c2cccc(C(F)(F)F)c2)cc1. The number of nitrogens with one attached hydrogen (secondary N) is 1. The molecule has 5 aromatic rings. The van der Waals surface area contributed by atoms with Gasteiger partial charge in [0.25, 0.3) is 11.8 Å². The summed E-state index contributed by atoms with van der Waals surface area (Å²) in [6, 6.07) is 19.2. The highest BCUT2D eigenvalue weighted by molar-refractivity contribution is 7.99. The third kappa shape index (κ3) is 6.71. The van der Waals surface area contributed by atoms with Crippen molar-refractivity contribution in [1.29, 1.82) is 0 Å². The van der Waals surface area contributed by atoms with E-state index in [4.69, 9.17) is 9.52 Å². The molecule has 45 heavy (non-hydrogen) atoms. The molecule has 0 radical (unpaired) electrons. The minimum absolute atomic E-state index is 0.0662. The molecule has 0 unspecified atom stereocenters. The lowest BCUT2D eigenvalue weighted by atomic mass is 10.00. The van der Waals surface area contributed by atoms with Crippen molar-refractivity contribution >= 4 is 40.6 Å². The average molecular weight is 651 g/mol. The number of hydrazone groups is 1. The van der Waals surface area contributed by atoms with Gasteiger partial charge >= 0.3 is 6.18 Å². The van der Waals surface area contributed by atoms with E-state index in [1.54, 1.807) is 17.4 Å². The Hall–Kier alpha value is -4.69. The van der Waals surface area contributed by atoms with Crippen LogP contribution in [0.4, 0.5) is 13.2 Å². The van der Waals surface area contributed by atoms with Crippen molar-refractivity contribution in [2.24, 2.45) is 5.10 Å². The molecule has 0 spiro atoms. The zero-order valence-corrected chi connectivity index (χ0v) is 25.3. The van der Waals surface area contributed by atoms with Gasteiger partial charge in [-0.1, -0.05) is 53.7 Å². The molecule has 4 heterocycles. The summed E-state index contributed by atoms with van der Waals surface area (Å²) in [5.41, 5.74) is 2.10. The van der Waals surface area contributed by atoms with Crippen molar-refractivity contribution in [3.8, 4) is 5.69 Å². The van der Waals surface area contributed by atoms with Crippen molar-refractivity contribution < 1.29 is 27.2 Å². The fourth-order valence-electron chi connectivity index (χ4n) is 4.82. The third-order valence-corrected chi connectivity index (χ3v) is 8.88. The lowest BCUT2D eigenvalue weighted by molar-refractivity contribution is -0.137. The number of alkyl halides is 3. The number of benzene rings is 2. The van der Waals surface area contributed by atoms with Crippen molar-refractivity contribution in [2.45, 2.75) is 37.3 Å². The molecule has 1 aliphatic heterocycles. The van der Waals surface area contributed by atoms with E-state index in [9.17, 15) is 22.8 Å². The van der Waals surface area contributed by atoms with E-state index in [0.717, 1.165) is 45.6 Å². The number of aryl methyl sites for hydroxylation is 1. The molecule has 14 heteroatoms. The number of thioether (sulfide) groups is 1. The topological polar surface area (TPSA) is 106 Å². The zero-order chi connectivity index (χ0) is 31.6. The first-order valence-corrected chi connectivity index (χ1v) is 15.6. The van der Waals surface area contributed by atoms with Gasteiger partial charge in [-0.05, 0) is 54.3 Å². The van der Waals surface area contributed by atoms with Crippen molar-refractivity contribution in [3.63, 3.8) is 0 Å². The van der Waals surface area contributed by atoms with Gasteiger partial charge in [0, 0.05) is 6.42 Å². The molecule has 1 atom stereocenters. The van der Waals surface area contributed by atoms with Gasteiger partial charge in [-0.3, -0.25) is 14.2 Å². The van der Waals surface area contributed by atoms with Crippen LogP contribution in [0.1, 0.15) is 50.4 Å². The number of nitrogens with zero attached hydrogens (tertiary/aromatic N) is 5. The van der Waals surface area contributed by atoms with E-state index < -0.39 is 17.6 Å². The van der Waals surface area contributed by atoms with Crippen LogP contribution in [0.3, 0.4) is 0 Å². The van der Waals surface area contributed by atoms with E-state index in [0.29, 0.717) is 6.42 Å². The summed E-state index contributed by atoms with van der Waals surface area (Å²) >= 11 is 2.56. The molecule has 2 amide bonds. The predicted molar refractivity (Wildman–Crippen MR) is 163 cm³/mol. The predicted octanol–water partition coefficient (Wildman–Crippen LogP) is 6.65. The van der Waals surface area contributed by atoms with Crippen LogP contribution in [-0.2, 0) is 17.5 Å². The third-order valence-electron chi connectivity index (χ3n) is 7.04. The zero-order valence-electron chi connectivity index (χ0n) is 23.7. The minimum Gasteiger partial charge on any atom is -0.459 e. The maximum Gasteiger partial charge on any atom is 0.416 e. The van der Waals surface area contributed by atoms with E-state index in [2.05, 4.69) is 15.5 Å². The fraction of sp³-hybridized carbons (Fsp3) is 0.194. The Bertz CT molecular complexity index is 1830. The normalized spacial score (nSPS) is 14.9. The summed E-state index contributed by atoms with van der Waals surface area (Å²) < 4.78 is 47.3. The van der Waals surface area contributed by atoms with Crippen molar-refractivity contribution in [3.05, 3.63) is 118 Å². The molecular weight excluding hydrogens is 626 g/mol. The van der Waals surface area contributed by atoms with Crippen LogP contribution in [0.5, 0.6) is 0 Å². The van der Waals surface area contributed by atoms with Gasteiger partial charge < -0.3 is 9.73 Å². The van der Waals surface area contributed by atoms with Gasteiger partial charge in [0.2, 0.25) is 0 Å². The number of amides is 2. The number of hydrogen-bond donors (Lipinski definition) is 1. The Balaban J connectivity index is 1.27. The molecule has 1 N–H and O–H groups in total. The molecule has 0 saturated heterocycles. The van der Waals surface area contributed by atoms with Crippen LogP contribution in [0, 0.1) is 6.92 Å². The Kier molecular flexibility index (Phi) is 8.59. The van der Waals surface area contributed by atoms with Crippen molar-refractivity contribution in [1.82, 2.24) is 25.1 Å². The second-order valence-corrected chi connectivity index (χ2v) is 12.0. The van der Waals surface area contributed by atoms with Gasteiger partial charge in [-0.15, -0.1) is 21.5 Å². The number of carbonyl (C=O) groups excluding carboxylic acids is 2. The summed E-state index contributed by atoms with van der Waals surface area (Å²) in [7, 11) is 0. The lowest BCUT2D eigenvalue weighted by Crippen LogP contribution is -2.28. The smallest absolute Gasteiger partial charge is 0.416 e. The van der Waals surface area contributed by atoms with Gasteiger partial charge in [-0.25, -0.2) is 5.01 Å². The van der Waals surface area contributed by atoms with E-state index in [1.807, 2.05) is 48.7 Å². The first-order valence-electron chi connectivity index (χ1n) is 13.7. The molecule has 6 rings (SSSR count). The number of carbonyl (C=O) groups is 2. The molecule has 0 saturated carbocycles. The van der Waals surface area contributed by atoms with Gasteiger partial charge in [-0.2, -0.15) is 18.3 Å². The Labute approximate surface area is 263 Å². The molecule has 0 fully saturated rings. The number of thiophene rings is 1. The molecule has 0 bridgehead atoms. The number of rotatable bonds is 9. The highest BCUT2D eigenvalue weighted by atomic mass is 32.2. The first kappa shape index (κ1) is 30.3. The molecule has 230 valence electrons. The monoisotopic (exact) mass is 650 g/mol. The largest absolute Gasteiger partial charge is 0.459 e. The Morgan fingerprint density at radius 2 is 1.89 bits per heavy atom. The van der Waals surface area contributed by atoms with E-state index >= 15 is 0 Å². The van der Waals surface area contributed by atoms with Gasteiger partial charge in [0.15, 0.2) is 16.7 Å². The summed E-state index contributed by atoms with van der Waals surface area (Å²) in [6.45, 7) is 1.83. The van der Waals surface area contributed by atoms with Crippen LogP contribution in [0.25, 0.3) is 5.69 Å². The maximum absolute atomic E-state index is 13.7. The summed E-state index contributed by atoms with van der Waals surface area (Å²) in [4.78, 5) is 27.2. The van der Waals surface area contributed by atoms with Gasteiger partial charge in [0.05, 0.1) is 46.4 Å². The number of furan rings is 1.